The highest BCUT2D eigenvalue weighted by atomic mass is 32.2. The predicted molar refractivity (Wildman–Crippen MR) is 81.2 cm³/mol. The van der Waals surface area contributed by atoms with Crippen molar-refractivity contribution in [2.45, 2.75) is 31.1 Å². The van der Waals surface area contributed by atoms with Crippen molar-refractivity contribution in [2.75, 3.05) is 26.7 Å². The number of benzene rings is 1. The van der Waals surface area contributed by atoms with Crippen molar-refractivity contribution in [3.8, 4) is 0 Å². The maximum absolute atomic E-state index is 12.5. The van der Waals surface area contributed by atoms with Crippen LogP contribution >= 0.6 is 0 Å². The number of piperidine rings is 1. The topological polar surface area (TPSA) is 49.4 Å². The van der Waals surface area contributed by atoms with Crippen LogP contribution in [0.4, 0.5) is 0 Å². The Bertz CT molecular complexity index is 517. The Hall–Kier alpha value is -0.910. The Balaban J connectivity index is 2.00. The molecular weight excluding hydrogens is 272 g/mol. The van der Waals surface area contributed by atoms with Crippen molar-refractivity contribution < 1.29 is 8.42 Å². The van der Waals surface area contributed by atoms with E-state index in [9.17, 15) is 8.42 Å². The molecular formula is C15H24N2O2S. The molecule has 0 bridgehead atoms. The Labute approximate surface area is 122 Å². The van der Waals surface area contributed by atoms with Crippen LogP contribution in [0.3, 0.4) is 0 Å². The molecule has 0 radical (unpaired) electrons. The van der Waals surface area contributed by atoms with Crippen molar-refractivity contribution in [1.82, 2.24) is 9.62 Å². The minimum absolute atomic E-state index is 0.414. The maximum Gasteiger partial charge on any atom is 0.243 e. The number of sulfonamides is 1. The van der Waals surface area contributed by atoms with E-state index in [2.05, 4.69) is 5.32 Å². The first kappa shape index (κ1) is 15.5. The molecule has 0 saturated carbocycles. The molecule has 2 rings (SSSR count). The molecule has 0 amide bonds. The molecule has 0 aromatic heterocycles. The van der Waals surface area contributed by atoms with Crippen molar-refractivity contribution in [3.63, 3.8) is 0 Å². The summed E-state index contributed by atoms with van der Waals surface area (Å²) >= 11 is 0. The largest absolute Gasteiger partial charge is 0.320 e. The molecule has 4 nitrogen and oxygen atoms in total. The summed E-state index contributed by atoms with van der Waals surface area (Å²) in [6.07, 6.45) is 3.06. The smallest absolute Gasteiger partial charge is 0.243 e. The lowest BCUT2D eigenvalue weighted by molar-refractivity contribution is 0.263. The highest BCUT2D eigenvalue weighted by Crippen LogP contribution is 2.25. The average molecular weight is 296 g/mol. The zero-order valence-corrected chi connectivity index (χ0v) is 13.1. The van der Waals surface area contributed by atoms with E-state index in [1.807, 2.05) is 26.1 Å². The molecule has 0 unspecified atom stereocenters. The second-order valence-corrected chi connectivity index (χ2v) is 7.49. The third kappa shape index (κ3) is 3.59. The molecule has 1 aliphatic heterocycles. The van der Waals surface area contributed by atoms with Gasteiger partial charge in [-0.1, -0.05) is 17.7 Å². The molecule has 1 heterocycles. The van der Waals surface area contributed by atoms with Crippen LogP contribution in [0.15, 0.2) is 29.2 Å². The second-order valence-electron chi connectivity index (χ2n) is 5.55. The van der Waals surface area contributed by atoms with Crippen molar-refractivity contribution >= 4 is 10.0 Å². The summed E-state index contributed by atoms with van der Waals surface area (Å²) in [5, 5.41) is 3.16. The number of nitrogens with one attached hydrogen (secondary N) is 1. The Kier molecular flexibility index (Phi) is 5.18. The zero-order valence-electron chi connectivity index (χ0n) is 12.3. The van der Waals surface area contributed by atoms with E-state index >= 15 is 0 Å². The number of hydrogen-bond acceptors (Lipinski definition) is 3. The Morgan fingerprint density at radius 2 is 1.80 bits per heavy atom. The Morgan fingerprint density at radius 1 is 1.20 bits per heavy atom. The van der Waals surface area contributed by atoms with Crippen LogP contribution in [0.5, 0.6) is 0 Å². The molecule has 0 atom stereocenters. The quantitative estimate of drug-likeness (QED) is 0.904. The summed E-state index contributed by atoms with van der Waals surface area (Å²) in [5.74, 6) is 0.645. The van der Waals surface area contributed by atoms with Crippen LogP contribution in [-0.4, -0.2) is 39.4 Å². The lowest BCUT2D eigenvalue weighted by atomic mass is 9.95. The van der Waals surface area contributed by atoms with E-state index in [1.54, 1.807) is 16.4 Å². The molecule has 20 heavy (non-hydrogen) atoms. The molecule has 5 heteroatoms. The van der Waals surface area contributed by atoms with Gasteiger partial charge in [0.1, 0.15) is 0 Å². The van der Waals surface area contributed by atoms with Crippen LogP contribution in [0, 0.1) is 12.8 Å². The summed E-state index contributed by atoms with van der Waals surface area (Å²) in [7, 11) is -1.35. The van der Waals surface area contributed by atoms with Gasteiger partial charge in [-0.15, -0.1) is 0 Å². The summed E-state index contributed by atoms with van der Waals surface area (Å²) in [6, 6.07) is 7.12. The molecule has 112 valence electrons. The van der Waals surface area contributed by atoms with Gasteiger partial charge in [0.25, 0.3) is 0 Å². The van der Waals surface area contributed by atoms with Gasteiger partial charge in [-0.2, -0.15) is 4.31 Å². The van der Waals surface area contributed by atoms with E-state index in [0.717, 1.165) is 31.4 Å². The molecule has 1 aliphatic rings. The monoisotopic (exact) mass is 296 g/mol. The van der Waals surface area contributed by atoms with Gasteiger partial charge >= 0.3 is 0 Å². The van der Waals surface area contributed by atoms with Gasteiger partial charge in [0.05, 0.1) is 4.90 Å². The van der Waals surface area contributed by atoms with Gasteiger partial charge in [-0.3, -0.25) is 0 Å². The molecule has 1 aromatic rings. The van der Waals surface area contributed by atoms with E-state index in [-0.39, 0.29) is 0 Å². The van der Waals surface area contributed by atoms with E-state index in [0.29, 0.717) is 23.9 Å². The third-order valence-corrected chi connectivity index (χ3v) is 5.95. The van der Waals surface area contributed by atoms with Crippen LogP contribution in [0.2, 0.25) is 0 Å². The SMILES string of the molecule is CNCCC1CCN(S(=O)(=O)c2ccc(C)cc2)CC1. The van der Waals surface area contributed by atoms with Gasteiger partial charge in [-0.25, -0.2) is 8.42 Å². The van der Waals surface area contributed by atoms with Crippen molar-refractivity contribution in [3.05, 3.63) is 29.8 Å². The molecule has 0 spiro atoms. The number of hydrogen-bond donors (Lipinski definition) is 1. The first-order chi connectivity index (χ1) is 9.54. The Morgan fingerprint density at radius 3 is 2.35 bits per heavy atom. The van der Waals surface area contributed by atoms with E-state index in [4.69, 9.17) is 0 Å². The van der Waals surface area contributed by atoms with Crippen LogP contribution < -0.4 is 5.32 Å². The normalized spacial score (nSPS) is 18.3. The number of rotatable bonds is 5. The molecule has 0 aliphatic carbocycles. The summed E-state index contributed by atoms with van der Waals surface area (Å²) < 4.78 is 26.7. The fourth-order valence-electron chi connectivity index (χ4n) is 2.65. The van der Waals surface area contributed by atoms with Crippen LogP contribution in [-0.2, 0) is 10.0 Å². The predicted octanol–water partition coefficient (Wildman–Crippen LogP) is 2.01. The fraction of sp³-hybridized carbons (Fsp3) is 0.600. The minimum atomic E-state index is -3.31. The average Bonchev–Trinajstić information content (AvgIpc) is 2.46. The molecule has 1 aromatic carbocycles. The van der Waals surface area contributed by atoms with Gasteiger partial charge in [0.15, 0.2) is 0 Å². The maximum atomic E-state index is 12.5. The van der Waals surface area contributed by atoms with Crippen LogP contribution in [0.1, 0.15) is 24.8 Å². The first-order valence-corrected chi connectivity index (χ1v) is 8.69. The lowest BCUT2D eigenvalue weighted by Gasteiger charge is -2.31. The second kappa shape index (κ2) is 6.70. The standard InChI is InChI=1S/C15H24N2O2S/c1-13-3-5-15(6-4-13)20(18,19)17-11-8-14(9-12-17)7-10-16-2/h3-6,14,16H,7-12H2,1-2H3. The minimum Gasteiger partial charge on any atom is -0.320 e. The van der Waals surface area contributed by atoms with E-state index in [1.165, 1.54) is 0 Å². The van der Waals surface area contributed by atoms with E-state index < -0.39 is 10.0 Å². The fourth-order valence-corrected chi connectivity index (χ4v) is 4.12. The first-order valence-electron chi connectivity index (χ1n) is 7.25. The number of nitrogens with zero attached hydrogens (tertiary/aromatic N) is 1. The highest BCUT2D eigenvalue weighted by molar-refractivity contribution is 7.89. The van der Waals surface area contributed by atoms with Gasteiger partial charge in [0.2, 0.25) is 10.0 Å². The zero-order chi connectivity index (χ0) is 14.6. The number of aryl methyl sites for hydroxylation is 1. The molecule has 1 N–H and O–H groups in total. The van der Waals surface area contributed by atoms with Crippen molar-refractivity contribution in [1.29, 1.82) is 0 Å². The van der Waals surface area contributed by atoms with Crippen LogP contribution in [0.25, 0.3) is 0 Å². The van der Waals surface area contributed by atoms with Gasteiger partial charge < -0.3 is 5.32 Å². The van der Waals surface area contributed by atoms with Crippen molar-refractivity contribution in [2.24, 2.45) is 5.92 Å². The summed E-state index contributed by atoms with van der Waals surface area (Å²) in [5.41, 5.74) is 1.08. The molecule has 1 saturated heterocycles. The van der Waals surface area contributed by atoms with Gasteiger partial charge in [-0.05, 0) is 57.8 Å². The summed E-state index contributed by atoms with van der Waals surface area (Å²) in [4.78, 5) is 0.414. The van der Waals surface area contributed by atoms with Gasteiger partial charge in [0, 0.05) is 13.1 Å². The highest BCUT2D eigenvalue weighted by Gasteiger charge is 2.28. The summed E-state index contributed by atoms with van der Waals surface area (Å²) in [6.45, 7) is 4.26. The lowest BCUT2D eigenvalue weighted by Crippen LogP contribution is -2.38. The third-order valence-electron chi connectivity index (χ3n) is 4.03. The molecule has 1 fully saturated rings.